The van der Waals surface area contributed by atoms with E-state index in [1.807, 2.05) is 13.0 Å². The summed E-state index contributed by atoms with van der Waals surface area (Å²) in [5, 5.41) is 8.59. The Kier molecular flexibility index (Phi) is 4.48. The van der Waals surface area contributed by atoms with Crippen molar-refractivity contribution in [3.8, 4) is 6.07 Å². The molecule has 2 aromatic rings. The van der Waals surface area contributed by atoms with Gasteiger partial charge in [-0.25, -0.2) is 8.42 Å². The monoisotopic (exact) mass is 370 g/mol. The molecule has 0 bridgehead atoms. The van der Waals surface area contributed by atoms with Crippen molar-refractivity contribution < 1.29 is 8.42 Å². The summed E-state index contributed by atoms with van der Waals surface area (Å²) in [6, 6.07) is 10.4. The number of rotatable bonds is 4. The van der Waals surface area contributed by atoms with E-state index in [1.54, 1.807) is 30.3 Å². The molecule has 1 N–H and O–H groups in total. The maximum Gasteiger partial charge on any atom is 0.271 e. The molecule has 4 nitrogen and oxygen atoms in total. The molecule has 0 saturated heterocycles. The Balaban J connectivity index is 2.22. The van der Waals surface area contributed by atoms with Crippen LogP contribution in [0, 0.1) is 18.3 Å². The van der Waals surface area contributed by atoms with E-state index < -0.39 is 10.0 Å². The van der Waals surface area contributed by atoms with Crippen LogP contribution < -0.4 is 4.72 Å². The Labute approximate surface area is 130 Å². The summed E-state index contributed by atoms with van der Waals surface area (Å²) >= 11 is 4.49. The van der Waals surface area contributed by atoms with Gasteiger partial charge in [-0.1, -0.05) is 12.1 Å². The number of halogens is 1. The van der Waals surface area contributed by atoms with Gasteiger partial charge < -0.3 is 0 Å². The second-order valence-corrected chi connectivity index (χ2v) is 8.44. The zero-order valence-corrected chi connectivity index (χ0v) is 13.8. The normalized spacial score (nSPS) is 11.1. The van der Waals surface area contributed by atoms with Crippen LogP contribution in [0.4, 0.5) is 5.69 Å². The Hall–Kier alpha value is -1.36. The standard InChI is InChI=1S/C13H11BrN2O2S2/c1-9-8-12(19-13(9)14)20(17,18)16-11-4-2-10(3-5-11)6-7-15/h2-5,8,16H,6H2,1H3. The number of nitrogens with one attached hydrogen (secondary N) is 1. The largest absolute Gasteiger partial charge is 0.279 e. The number of hydrogen-bond acceptors (Lipinski definition) is 4. The van der Waals surface area contributed by atoms with Crippen molar-refractivity contribution in [2.45, 2.75) is 17.6 Å². The lowest BCUT2D eigenvalue weighted by Gasteiger charge is -2.06. The smallest absolute Gasteiger partial charge is 0.271 e. The topological polar surface area (TPSA) is 70.0 Å². The third kappa shape index (κ3) is 3.39. The molecular weight excluding hydrogens is 360 g/mol. The van der Waals surface area contributed by atoms with Crippen LogP contribution in [-0.2, 0) is 16.4 Å². The van der Waals surface area contributed by atoms with Crippen molar-refractivity contribution in [1.82, 2.24) is 0 Å². The predicted octanol–water partition coefficient (Wildman–Crippen LogP) is 3.69. The van der Waals surface area contributed by atoms with Gasteiger partial charge in [0.1, 0.15) is 4.21 Å². The van der Waals surface area contributed by atoms with E-state index in [4.69, 9.17) is 5.26 Å². The fourth-order valence-corrected chi connectivity index (χ4v) is 4.84. The Morgan fingerprint density at radius 1 is 1.35 bits per heavy atom. The highest BCUT2D eigenvalue weighted by Crippen LogP contribution is 2.31. The summed E-state index contributed by atoms with van der Waals surface area (Å²) < 4.78 is 28.0. The van der Waals surface area contributed by atoms with E-state index in [9.17, 15) is 8.42 Å². The van der Waals surface area contributed by atoms with Gasteiger partial charge in [-0.2, -0.15) is 5.26 Å². The maximum atomic E-state index is 12.2. The molecule has 0 aliphatic carbocycles. The van der Waals surface area contributed by atoms with Crippen LogP contribution >= 0.6 is 27.3 Å². The van der Waals surface area contributed by atoms with E-state index in [1.165, 1.54) is 11.3 Å². The molecule has 2 rings (SSSR count). The third-order valence-electron chi connectivity index (χ3n) is 2.59. The van der Waals surface area contributed by atoms with Crippen molar-refractivity contribution >= 4 is 43.0 Å². The van der Waals surface area contributed by atoms with E-state index >= 15 is 0 Å². The molecule has 0 unspecified atom stereocenters. The lowest BCUT2D eigenvalue weighted by molar-refractivity contribution is 0.603. The number of sulfonamides is 1. The molecule has 0 atom stereocenters. The van der Waals surface area contributed by atoms with Crippen molar-refractivity contribution in [1.29, 1.82) is 5.26 Å². The van der Waals surface area contributed by atoms with Crippen molar-refractivity contribution in [3.63, 3.8) is 0 Å². The lowest BCUT2D eigenvalue weighted by atomic mass is 10.1. The average molecular weight is 371 g/mol. The molecule has 0 fully saturated rings. The molecule has 1 aromatic carbocycles. The van der Waals surface area contributed by atoms with Gasteiger partial charge in [-0.15, -0.1) is 11.3 Å². The molecule has 7 heteroatoms. The number of benzene rings is 1. The van der Waals surface area contributed by atoms with Crippen LogP contribution in [-0.4, -0.2) is 8.42 Å². The van der Waals surface area contributed by atoms with Crippen molar-refractivity contribution in [3.05, 3.63) is 45.2 Å². The molecular formula is C13H11BrN2O2S2. The highest BCUT2D eigenvalue weighted by Gasteiger charge is 2.18. The van der Waals surface area contributed by atoms with Gasteiger partial charge in [0.05, 0.1) is 16.3 Å². The first-order valence-corrected chi connectivity index (χ1v) is 8.76. The Bertz CT molecular complexity index is 739. The first-order valence-electron chi connectivity index (χ1n) is 5.67. The van der Waals surface area contributed by atoms with Gasteiger partial charge in [0.15, 0.2) is 0 Å². The van der Waals surface area contributed by atoms with Crippen LogP contribution in [0.5, 0.6) is 0 Å². The zero-order chi connectivity index (χ0) is 14.8. The van der Waals surface area contributed by atoms with Gasteiger partial charge in [0, 0.05) is 5.69 Å². The minimum Gasteiger partial charge on any atom is -0.279 e. The van der Waals surface area contributed by atoms with E-state index in [0.29, 0.717) is 12.1 Å². The first kappa shape index (κ1) is 15.0. The fourth-order valence-electron chi connectivity index (χ4n) is 1.55. The maximum absolute atomic E-state index is 12.2. The predicted molar refractivity (Wildman–Crippen MR) is 83.3 cm³/mol. The lowest BCUT2D eigenvalue weighted by Crippen LogP contribution is -2.11. The molecule has 104 valence electrons. The van der Waals surface area contributed by atoms with Gasteiger partial charge >= 0.3 is 0 Å². The molecule has 0 aliphatic rings. The number of nitrogens with zero attached hydrogens (tertiary/aromatic N) is 1. The molecule has 0 saturated carbocycles. The summed E-state index contributed by atoms with van der Waals surface area (Å²) in [7, 11) is -3.57. The number of aryl methyl sites for hydroxylation is 1. The molecule has 1 aromatic heterocycles. The summed E-state index contributed by atoms with van der Waals surface area (Å²) in [5.74, 6) is 0. The third-order valence-corrected chi connectivity index (χ3v) is 6.58. The van der Waals surface area contributed by atoms with E-state index in [2.05, 4.69) is 20.7 Å². The molecule has 20 heavy (non-hydrogen) atoms. The summed E-state index contributed by atoms with van der Waals surface area (Å²) in [6.07, 6.45) is 0.310. The minimum atomic E-state index is -3.57. The van der Waals surface area contributed by atoms with E-state index in [-0.39, 0.29) is 4.21 Å². The summed E-state index contributed by atoms with van der Waals surface area (Å²) in [4.78, 5) is 0. The number of thiophene rings is 1. The first-order chi connectivity index (χ1) is 9.42. The SMILES string of the molecule is Cc1cc(S(=O)(=O)Nc2ccc(CC#N)cc2)sc1Br. The van der Waals surface area contributed by atoms with Crippen LogP contribution in [0.1, 0.15) is 11.1 Å². The highest BCUT2D eigenvalue weighted by atomic mass is 79.9. The average Bonchev–Trinajstić information content (AvgIpc) is 2.73. The van der Waals surface area contributed by atoms with Gasteiger partial charge in [0.2, 0.25) is 0 Å². The molecule has 1 heterocycles. The summed E-state index contributed by atoms with van der Waals surface area (Å²) in [6.45, 7) is 1.84. The minimum absolute atomic E-state index is 0.267. The highest BCUT2D eigenvalue weighted by molar-refractivity contribution is 9.11. The second kappa shape index (κ2) is 5.95. The van der Waals surface area contributed by atoms with Gasteiger partial charge in [0.25, 0.3) is 10.0 Å². The molecule has 0 amide bonds. The number of nitriles is 1. The molecule has 0 spiro atoms. The Morgan fingerprint density at radius 3 is 2.50 bits per heavy atom. The molecule has 0 aliphatic heterocycles. The Morgan fingerprint density at radius 2 is 2.00 bits per heavy atom. The van der Waals surface area contributed by atoms with Gasteiger partial charge in [-0.3, -0.25) is 4.72 Å². The van der Waals surface area contributed by atoms with Crippen molar-refractivity contribution in [2.75, 3.05) is 4.72 Å². The zero-order valence-electron chi connectivity index (χ0n) is 10.6. The quantitative estimate of drug-likeness (QED) is 0.891. The number of hydrogen-bond donors (Lipinski definition) is 1. The van der Waals surface area contributed by atoms with Crippen LogP contribution in [0.3, 0.4) is 0 Å². The van der Waals surface area contributed by atoms with E-state index in [0.717, 1.165) is 14.9 Å². The molecule has 0 radical (unpaired) electrons. The number of anilines is 1. The second-order valence-electron chi connectivity index (χ2n) is 4.16. The van der Waals surface area contributed by atoms with Gasteiger partial charge in [-0.05, 0) is 52.2 Å². The van der Waals surface area contributed by atoms with Crippen molar-refractivity contribution in [2.24, 2.45) is 0 Å². The van der Waals surface area contributed by atoms with Crippen LogP contribution in [0.15, 0.2) is 38.3 Å². The van der Waals surface area contributed by atoms with Crippen LogP contribution in [0.25, 0.3) is 0 Å². The fraction of sp³-hybridized carbons (Fsp3) is 0.154. The van der Waals surface area contributed by atoms with Crippen LogP contribution in [0.2, 0.25) is 0 Å². The summed E-state index contributed by atoms with van der Waals surface area (Å²) in [5.41, 5.74) is 2.22.